The maximum absolute atomic E-state index is 12.0. The van der Waals surface area contributed by atoms with Crippen LogP contribution in [0.3, 0.4) is 0 Å². The molecule has 0 saturated heterocycles. The minimum atomic E-state index is -0.348. The van der Waals surface area contributed by atoms with Crippen molar-refractivity contribution in [2.75, 3.05) is 12.3 Å². The van der Waals surface area contributed by atoms with Gasteiger partial charge in [-0.05, 0) is 24.4 Å². The van der Waals surface area contributed by atoms with Crippen LogP contribution in [0, 0.1) is 0 Å². The van der Waals surface area contributed by atoms with Gasteiger partial charge in [-0.1, -0.05) is 18.2 Å². The van der Waals surface area contributed by atoms with Crippen molar-refractivity contribution in [1.29, 1.82) is 0 Å². The highest BCUT2D eigenvalue weighted by molar-refractivity contribution is 7.22. The van der Waals surface area contributed by atoms with Crippen molar-refractivity contribution in [2.45, 2.75) is 6.92 Å². The second kappa shape index (κ2) is 5.26. The Morgan fingerprint density at radius 1 is 1.35 bits per heavy atom. The highest BCUT2D eigenvalue weighted by Crippen LogP contribution is 2.40. The molecule has 20 heavy (non-hydrogen) atoms. The maximum Gasteiger partial charge on any atom is 0.341 e. The van der Waals surface area contributed by atoms with Crippen molar-refractivity contribution < 1.29 is 9.53 Å². The number of hydrogen-bond acceptors (Lipinski definition) is 5. The highest BCUT2D eigenvalue weighted by Gasteiger charge is 2.20. The smallest absolute Gasteiger partial charge is 0.341 e. The molecule has 1 aromatic carbocycles. The van der Waals surface area contributed by atoms with Crippen molar-refractivity contribution in [2.24, 2.45) is 0 Å². The maximum atomic E-state index is 12.0. The zero-order valence-electron chi connectivity index (χ0n) is 10.9. The number of carbonyl (C=O) groups excluding carboxylic acids is 1. The number of fused-ring (bicyclic) bond motifs is 1. The summed E-state index contributed by atoms with van der Waals surface area (Å²) in [6.07, 6.45) is 0. The van der Waals surface area contributed by atoms with E-state index >= 15 is 0 Å². The Balaban J connectivity index is 2.12. The van der Waals surface area contributed by atoms with E-state index in [4.69, 9.17) is 10.5 Å². The van der Waals surface area contributed by atoms with Crippen LogP contribution in [-0.2, 0) is 4.74 Å². The molecule has 0 radical (unpaired) electrons. The van der Waals surface area contributed by atoms with Crippen LogP contribution in [0.2, 0.25) is 0 Å². The van der Waals surface area contributed by atoms with Crippen LogP contribution in [-0.4, -0.2) is 12.6 Å². The summed E-state index contributed by atoms with van der Waals surface area (Å²) in [7, 11) is 0. The molecule has 3 aromatic rings. The van der Waals surface area contributed by atoms with Crippen LogP contribution < -0.4 is 5.73 Å². The molecule has 2 heterocycles. The summed E-state index contributed by atoms with van der Waals surface area (Å²) in [5.74, 6) is -0.348. The van der Waals surface area contributed by atoms with Gasteiger partial charge in [-0.2, -0.15) is 0 Å². The van der Waals surface area contributed by atoms with Gasteiger partial charge in [0.15, 0.2) is 0 Å². The first-order valence-electron chi connectivity index (χ1n) is 6.23. The van der Waals surface area contributed by atoms with Crippen molar-refractivity contribution in [1.82, 2.24) is 0 Å². The average Bonchev–Trinajstić information content (AvgIpc) is 3.01. The van der Waals surface area contributed by atoms with Gasteiger partial charge in [-0.15, -0.1) is 22.7 Å². The third-order valence-corrected chi connectivity index (χ3v) is 4.95. The number of hydrogen-bond donors (Lipinski definition) is 1. The average molecular weight is 303 g/mol. The Labute approximate surface area is 124 Å². The zero-order valence-corrected chi connectivity index (χ0v) is 12.5. The molecular weight excluding hydrogens is 290 g/mol. The number of thiophene rings is 2. The predicted molar refractivity (Wildman–Crippen MR) is 85.5 cm³/mol. The van der Waals surface area contributed by atoms with E-state index in [1.54, 1.807) is 18.3 Å². The van der Waals surface area contributed by atoms with E-state index < -0.39 is 0 Å². The highest BCUT2D eigenvalue weighted by atomic mass is 32.1. The van der Waals surface area contributed by atoms with E-state index in [1.807, 2.05) is 17.5 Å². The monoisotopic (exact) mass is 303 g/mol. The van der Waals surface area contributed by atoms with Gasteiger partial charge in [0.25, 0.3) is 0 Å². The third-order valence-electron chi connectivity index (χ3n) is 2.99. The number of benzene rings is 1. The first kappa shape index (κ1) is 13.1. The minimum Gasteiger partial charge on any atom is -0.462 e. The second-order valence-electron chi connectivity index (χ2n) is 4.26. The number of rotatable bonds is 3. The topological polar surface area (TPSA) is 52.3 Å². The summed E-state index contributed by atoms with van der Waals surface area (Å²) in [5, 5.41) is 3.61. The van der Waals surface area contributed by atoms with Gasteiger partial charge < -0.3 is 10.5 Å². The zero-order chi connectivity index (χ0) is 14.1. The van der Waals surface area contributed by atoms with Crippen LogP contribution >= 0.6 is 22.7 Å². The molecular formula is C15H13NO2S2. The summed E-state index contributed by atoms with van der Waals surface area (Å²) in [6.45, 7) is 2.14. The van der Waals surface area contributed by atoms with Gasteiger partial charge in [0.05, 0.1) is 6.61 Å². The summed E-state index contributed by atoms with van der Waals surface area (Å²) >= 11 is 3.03. The van der Waals surface area contributed by atoms with Crippen molar-refractivity contribution in [3.8, 4) is 10.4 Å². The molecule has 0 saturated carbocycles. The molecule has 0 aliphatic heterocycles. The molecule has 3 rings (SSSR count). The van der Waals surface area contributed by atoms with Crippen LogP contribution in [0.15, 0.2) is 35.7 Å². The summed E-state index contributed by atoms with van der Waals surface area (Å²) in [4.78, 5) is 13.1. The van der Waals surface area contributed by atoms with Crippen LogP contribution in [0.5, 0.6) is 0 Å². The number of nitrogen functional groups attached to an aromatic ring is 1. The van der Waals surface area contributed by atoms with E-state index in [0.717, 1.165) is 10.4 Å². The lowest BCUT2D eigenvalue weighted by atomic mass is 10.1. The van der Waals surface area contributed by atoms with Crippen LogP contribution in [0.4, 0.5) is 5.00 Å². The standard InChI is InChI=1S/C15H13NO2S2/c1-2-18-15(17)13-10(8-19-14(13)16)12-7-9-5-3-4-6-11(9)20-12/h3-8H,2,16H2,1H3. The molecule has 0 spiro atoms. The molecule has 0 aliphatic rings. The molecule has 0 amide bonds. The lowest BCUT2D eigenvalue weighted by Crippen LogP contribution is -2.06. The van der Waals surface area contributed by atoms with Gasteiger partial charge >= 0.3 is 5.97 Å². The van der Waals surface area contributed by atoms with E-state index in [1.165, 1.54) is 21.4 Å². The number of nitrogens with two attached hydrogens (primary N) is 1. The summed E-state index contributed by atoms with van der Waals surface area (Å²) in [6, 6.07) is 10.2. The Kier molecular flexibility index (Phi) is 3.46. The second-order valence-corrected chi connectivity index (χ2v) is 6.25. The van der Waals surface area contributed by atoms with Gasteiger partial charge in [0.1, 0.15) is 10.6 Å². The Morgan fingerprint density at radius 2 is 2.15 bits per heavy atom. The molecule has 0 bridgehead atoms. The molecule has 3 nitrogen and oxygen atoms in total. The fourth-order valence-corrected chi connectivity index (χ4v) is 4.04. The Morgan fingerprint density at radius 3 is 2.90 bits per heavy atom. The fourth-order valence-electron chi connectivity index (χ4n) is 2.08. The molecule has 2 aromatic heterocycles. The largest absolute Gasteiger partial charge is 0.462 e. The Bertz CT molecular complexity index is 740. The lowest BCUT2D eigenvalue weighted by molar-refractivity contribution is 0.0529. The van der Waals surface area contributed by atoms with Gasteiger partial charge in [0, 0.05) is 20.5 Å². The molecule has 0 aliphatic carbocycles. The molecule has 0 atom stereocenters. The number of carbonyl (C=O) groups is 1. The van der Waals surface area contributed by atoms with E-state index in [0.29, 0.717) is 17.2 Å². The van der Waals surface area contributed by atoms with Crippen molar-refractivity contribution >= 4 is 43.7 Å². The summed E-state index contributed by atoms with van der Waals surface area (Å²) < 4.78 is 6.29. The first-order chi connectivity index (χ1) is 9.70. The first-order valence-corrected chi connectivity index (χ1v) is 7.93. The van der Waals surface area contributed by atoms with Gasteiger partial charge in [0.2, 0.25) is 0 Å². The number of ether oxygens (including phenoxy) is 1. The van der Waals surface area contributed by atoms with Crippen molar-refractivity contribution in [3.63, 3.8) is 0 Å². The SMILES string of the molecule is CCOC(=O)c1c(-c2cc3ccccc3s2)csc1N. The van der Waals surface area contributed by atoms with Gasteiger partial charge in [-0.3, -0.25) is 0 Å². The third kappa shape index (κ3) is 2.19. The van der Waals surface area contributed by atoms with E-state index in [2.05, 4.69) is 18.2 Å². The molecule has 102 valence electrons. The fraction of sp³-hybridized carbons (Fsp3) is 0.133. The molecule has 2 N–H and O–H groups in total. The normalized spacial score (nSPS) is 10.8. The van der Waals surface area contributed by atoms with Gasteiger partial charge in [-0.25, -0.2) is 4.79 Å². The van der Waals surface area contributed by atoms with E-state index in [9.17, 15) is 4.79 Å². The number of esters is 1. The molecule has 5 heteroatoms. The number of anilines is 1. The molecule has 0 unspecified atom stereocenters. The van der Waals surface area contributed by atoms with Crippen LogP contribution in [0.1, 0.15) is 17.3 Å². The Hall–Kier alpha value is -1.85. The predicted octanol–water partition coefficient (Wildman–Crippen LogP) is 4.39. The minimum absolute atomic E-state index is 0.347. The lowest BCUT2D eigenvalue weighted by Gasteiger charge is -2.03. The van der Waals surface area contributed by atoms with Crippen molar-refractivity contribution in [3.05, 3.63) is 41.3 Å². The quantitative estimate of drug-likeness (QED) is 0.730. The molecule has 0 fully saturated rings. The summed E-state index contributed by atoms with van der Waals surface area (Å²) in [5.41, 5.74) is 7.28. The van der Waals surface area contributed by atoms with Crippen LogP contribution in [0.25, 0.3) is 20.5 Å². The van der Waals surface area contributed by atoms with E-state index in [-0.39, 0.29) is 5.97 Å².